The Bertz CT molecular complexity index is 797. The first kappa shape index (κ1) is 18.9. The molecule has 0 saturated carbocycles. The molecule has 4 aliphatic rings. The van der Waals surface area contributed by atoms with Crippen molar-refractivity contribution in [2.75, 3.05) is 37.7 Å². The van der Waals surface area contributed by atoms with E-state index < -0.39 is 6.04 Å². The van der Waals surface area contributed by atoms with Crippen molar-refractivity contribution in [1.82, 2.24) is 25.0 Å². The molecular weight excluding hydrogens is 394 g/mol. The Morgan fingerprint density at radius 1 is 1.14 bits per heavy atom. The van der Waals surface area contributed by atoms with Crippen molar-refractivity contribution in [2.24, 2.45) is 11.8 Å². The van der Waals surface area contributed by atoms with Crippen LogP contribution >= 0.6 is 11.8 Å². The third kappa shape index (κ3) is 3.31. The molecular formula is C19H25N5O4S. The molecule has 3 amide bonds. The van der Waals surface area contributed by atoms with Crippen molar-refractivity contribution in [3.8, 4) is 0 Å². The average Bonchev–Trinajstić information content (AvgIpc) is 3.29. The molecule has 4 aliphatic heterocycles. The molecule has 1 aromatic rings. The minimum absolute atomic E-state index is 0.0339. The van der Waals surface area contributed by atoms with Crippen LogP contribution in [0.3, 0.4) is 0 Å². The molecule has 1 aromatic heterocycles. The summed E-state index contributed by atoms with van der Waals surface area (Å²) >= 11 is 1.86. The Kier molecular flexibility index (Phi) is 4.97. The van der Waals surface area contributed by atoms with E-state index >= 15 is 0 Å². The molecule has 0 aromatic carbocycles. The van der Waals surface area contributed by atoms with Crippen LogP contribution in [0.1, 0.15) is 36.2 Å². The van der Waals surface area contributed by atoms with Crippen LogP contribution in [-0.2, 0) is 9.59 Å². The zero-order valence-corrected chi connectivity index (χ0v) is 17.1. The van der Waals surface area contributed by atoms with E-state index in [0.717, 1.165) is 43.9 Å². The zero-order chi connectivity index (χ0) is 20.0. The normalized spacial score (nSPS) is 32.1. The van der Waals surface area contributed by atoms with E-state index in [-0.39, 0.29) is 41.3 Å². The predicted octanol–water partition coefficient (Wildman–Crippen LogP) is 0.487. The van der Waals surface area contributed by atoms with Crippen molar-refractivity contribution in [3.63, 3.8) is 0 Å². The molecule has 4 fully saturated rings. The van der Waals surface area contributed by atoms with Crippen LogP contribution < -0.4 is 0 Å². The van der Waals surface area contributed by atoms with Crippen LogP contribution in [0.2, 0.25) is 0 Å². The number of thioether (sulfide) groups is 1. The maximum Gasteiger partial charge on any atom is 0.277 e. The van der Waals surface area contributed by atoms with Gasteiger partial charge < -0.3 is 14.7 Å². The highest BCUT2D eigenvalue weighted by atomic mass is 32.2. The van der Waals surface area contributed by atoms with E-state index in [1.165, 1.54) is 6.20 Å². The fraction of sp³-hybridized carbons (Fsp3) is 0.737. The number of fused-ring (bicyclic) bond motifs is 4. The second-order valence-corrected chi connectivity index (χ2v) is 9.63. The minimum atomic E-state index is -0.460. The third-order valence-electron chi connectivity index (χ3n) is 6.78. The average molecular weight is 420 g/mol. The number of rotatable bonds is 2. The van der Waals surface area contributed by atoms with Gasteiger partial charge in [0.1, 0.15) is 12.2 Å². The highest BCUT2D eigenvalue weighted by molar-refractivity contribution is 7.99. The van der Waals surface area contributed by atoms with E-state index in [1.807, 2.05) is 21.6 Å². The summed E-state index contributed by atoms with van der Waals surface area (Å²) in [4.78, 5) is 44.9. The number of carbonyl (C=O) groups is 3. The van der Waals surface area contributed by atoms with Crippen molar-refractivity contribution in [3.05, 3.63) is 11.9 Å². The number of nitrogens with zero attached hydrogens (tertiary/aromatic N) is 5. The van der Waals surface area contributed by atoms with Gasteiger partial charge in [0.05, 0.1) is 0 Å². The first-order chi connectivity index (χ1) is 14.1. The van der Waals surface area contributed by atoms with Crippen LogP contribution in [0.4, 0.5) is 0 Å². The summed E-state index contributed by atoms with van der Waals surface area (Å²) in [6.07, 6.45) is 4.48. The Balaban J connectivity index is 1.44. The van der Waals surface area contributed by atoms with Crippen LogP contribution in [0.25, 0.3) is 0 Å². The molecule has 2 bridgehead atoms. The minimum Gasteiger partial charge on any atom is -0.339 e. The summed E-state index contributed by atoms with van der Waals surface area (Å²) in [7, 11) is 0. The number of likely N-dealkylation sites (tertiary alicyclic amines) is 1. The van der Waals surface area contributed by atoms with Gasteiger partial charge in [0.15, 0.2) is 5.69 Å². The first-order valence-electron chi connectivity index (χ1n) is 10.4. The van der Waals surface area contributed by atoms with Gasteiger partial charge in [0, 0.05) is 56.1 Å². The fourth-order valence-corrected chi connectivity index (χ4v) is 6.43. The molecule has 5 rings (SSSR count). The van der Waals surface area contributed by atoms with Gasteiger partial charge in [0.2, 0.25) is 11.8 Å². The topological polar surface area (TPSA) is 99.8 Å². The van der Waals surface area contributed by atoms with Gasteiger partial charge >= 0.3 is 0 Å². The lowest BCUT2D eigenvalue weighted by molar-refractivity contribution is -0.164. The molecule has 0 radical (unpaired) electrons. The zero-order valence-electron chi connectivity index (χ0n) is 16.2. The lowest BCUT2D eigenvalue weighted by Gasteiger charge is -2.56. The molecule has 29 heavy (non-hydrogen) atoms. The highest BCUT2D eigenvalue weighted by Gasteiger charge is 2.53. The number of carbonyl (C=O) groups excluding carboxylic acids is 3. The van der Waals surface area contributed by atoms with Crippen LogP contribution in [0, 0.1) is 11.8 Å². The summed E-state index contributed by atoms with van der Waals surface area (Å²) in [5.74, 6) is 1.98. The molecule has 4 saturated heterocycles. The third-order valence-corrected chi connectivity index (χ3v) is 7.73. The Hall–Kier alpha value is -2.10. The SMILES string of the molecule is O=C(c1cnon1)N1C[C@H]2C[C@@H](C1)[C@H](C(=O)N1CCSCC1)N1C(=O)CCC[C@@H]21. The van der Waals surface area contributed by atoms with Crippen molar-refractivity contribution < 1.29 is 19.0 Å². The molecule has 0 unspecified atom stereocenters. The maximum atomic E-state index is 13.5. The lowest BCUT2D eigenvalue weighted by Crippen LogP contribution is -2.69. The molecule has 0 spiro atoms. The summed E-state index contributed by atoms with van der Waals surface area (Å²) in [6, 6.07) is -0.426. The number of hydrogen-bond donors (Lipinski definition) is 0. The Labute approximate surface area is 173 Å². The summed E-state index contributed by atoms with van der Waals surface area (Å²) < 4.78 is 4.60. The van der Waals surface area contributed by atoms with E-state index in [0.29, 0.717) is 19.5 Å². The molecule has 0 N–H and O–H groups in total. The molecule has 156 valence electrons. The van der Waals surface area contributed by atoms with Crippen LogP contribution in [0.5, 0.6) is 0 Å². The molecule has 5 heterocycles. The number of aromatic nitrogens is 2. The first-order valence-corrected chi connectivity index (χ1v) is 11.5. The van der Waals surface area contributed by atoms with Crippen molar-refractivity contribution in [1.29, 1.82) is 0 Å². The van der Waals surface area contributed by atoms with Crippen molar-refractivity contribution in [2.45, 2.75) is 37.8 Å². The van der Waals surface area contributed by atoms with Gasteiger partial charge in [-0.1, -0.05) is 5.16 Å². The molecule has 9 nitrogen and oxygen atoms in total. The smallest absolute Gasteiger partial charge is 0.277 e. The predicted molar refractivity (Wildman–Crippen MR) is 104 cm³/mol. The lowest BCUT2D eigenvalue weighted by atomic mass is 9.71. The molecule has 0 aliphatic carbocycles. The fourth-order valence-electron chi connectivity index (χ4n) is 5.53. The summed E-state index contributed by atoms with van der Waals surface area (Å²) in [5.41, 5.74) is 0.192. The molecule has 4 atom stereocenters. The quantitative estimate of drug-likeness (QED) is 0.688. The van der Waals surface area contributed by atoms with Gasteiger partial charge in [-0.3, -0.25) is 14.4 Å². The number of amides is 3. The van der Waals surface area contributed by atoms with Crippen molar-refractivity contribution >= 4 is 29.5 Å². The number of piperidine rings is 3. The van der Waals surface area contributed by atoms with Gasteiger partial charge in [-0.2, -0.15) is 11.8 Å². The van der Waals surface area contributed by atoms with E-state index in [9.17, 15) is 14.4 Å². The van der Waals surface area contributed by atoms with Crippen LogP contribution in [0.15, 0.2) is 10.8 Å². The summed E-state index contributed by atoms with van der Waals surface area (Å²) in [5, 5.41) is 7.23. The monoisotopic (exact) mass is 419 g/mol. The maximum absolute atomic E-state index is 13.5. The number of hydrogen-bond acceptors (Lipinski definition) is 7. The second-order valence-electron chi connectivity index (χ2n) is 8.40. The Morgan fingerprint density at radius 3 is 2.69 bits per heavy atom. The standard InChI is InChI=1S/C19H25N5O4S/c25-16-3-1-2-15-12-8-13(11-23(10-12)18(26)14-9-20-28-21-14)17(24(15)16)19(27)22-4-6-29-7-5-22/h9,12-13,15,17H,1-8,10-11H2/t12-,13+,15+,17-/m1/s1. The largest absolute Gasteiger partial charge is 0.339 e. The van der Waals surface area contributed by atoms with Gasteiger partial charge in [-0.05, 0) is 30.3 Å². The van der Waals surface area contributed by atoms with Gasteiger partial charge in [0.25, 0.3) is 5.91 Å². The van der Waals surface area contributed by atoms with Crippen LogP contribution in [-0.4, -0.2) is 92.5 Å². The van der Waals surface area contributed by atoms with E-state index in [2.05, 4.69) is 14.9 Å². The second kappa shape index (κ2) is 7.62. The van der Waals surface area contributed by atoms with Gasteiger partial charge in [-0.15, -0.1) is 0 Å². The highest BCUT2D eigenvalue weighted by Crippen LogP contribution is 2.42. The van der Waals surface area contributed by atoms with E-state index in [4.69, 9.17) is 0 Å². The Morgan fingerprint density at radius 2 is 1.93 bits per heavy atom. The summed E-state index contributed by atoms with van der Waals surface area (Å²) in [6.45, 7) is 2.50. The molecule has 10 heteroatoms. The van der Waals surface area contributed by atoms with E-state index in [1.54, 1.807) is 4.90 Å². The van der Waals surface area contributed by atoms with Gasteiger partial charge in [-0.25, -0.2) is 4.63 Å².